The number of hydrogen-bond donors (Lipinski definition) is 0. The van der Waals surface area contributed by atoms with Gasteiger partial charge in [-0.2, -0.15) is 0 Å². The number of nitrogens with zero attached hydrogens (tertiary/aromatic N) is 1. The number of hydrogen-bond acceptors (Lipinski definition) is 3. The number of likely N-dealkylation sites (tertiary alicyclic amines) is 1. The molecule has 0 bridgehead atoms. The Labute approximate surface area is 126 Å². The normalized spacial score (nSPS) is 23.9. The Morgan fingerprint density at radius 2 is 2.00 bits per heavy atom. The second kappa shape index (κ2) is 5.79. The lowest BCUT2D eigenvalue weighted by Gasteiger charge is -2.33. The summed E-state index contributed by atoms with van der Waals surface area (Å²) in [6.45, 7) is 2.22. The number of halogens is 1. The van der Waals surface area contributed by atoms with Crippen LogP contribution in [0.3, 0.4) is 0 Å². The molecule has 0 N–H and O–H groups in total. The van der Waals surface area contributed by atoms with Crippen molar-refractivity contribution in [2.45, 2.75) is 18.9 Å². The fraction of sp³-hybridized carbons (Fsp3) is 0.333. The van der Waals surface area contributed by atoms with Crippen molar-refractivity contribution in [3.05, 3.63) is 46.5 Å². The maximum absolute atomic E-state index is 12.6. The number of methoxy groups -OCH3 is 1. The van der Waals surface area contributed by atoms with Gasteiger partial charge in [-0.1, -0.05) is 34.1 Å². The predicted molar refractivity (Wildman–Crippen MR) is 79.5 cm³/mol. The quantitative estimate of drug-likeness (QED) is 0.779. The van der Waals surface area contributed by atoms with Gasteiger partial charge >= 0.3 is 5.97 Å². The Bertz CT molecular complexity index is 555. The molecule has 2 rings (SSSR count). The summed E-state index contributed by atoms with van der Waals surface area (Å²) in [4.78, 5) is 28.1. The maximum Gasteiger partial charge on any atom is 0.335 e. The zero-order valence-electron chi connectivity index (χ0n) is 11.4. The third kappa shape index (κ3) is 2.26. The fourth-order valence-electron chi connectivity index (χ4n) is 2.51. The first-order valence-corrected chi connectivity index (χ1v) is 7.22. The van der Waals surface area contributed by atoms with Crippen molar-refractivity contribution in [2.24, 2.45) is 0 Å². The van der Waals surface area contributed by atoms with E-state index in [0.717, 1.165) is 5.57 Å². The largest absolute Gasteiger partial charge is 0.467 e. The van der Waals surface area contributed by atoms with Crippen LogP contribution < -0.4 is 0 Å². The van der Waals surface area contributed by atoms with Crippen molar-refractivity contribution < 1.29 is 14.3 Å². The molecule has 0 aliphatic carbocycles. The van der Waals surface area contributed by atoms with E-state index in [4.69, 9.17) is 4.74 Å². The SMILES string of the molecule is COC(=O)[C@@]1(C)/C(=C\Br)CCN1C(=O)c1ccccc1. The minimum absolute atomic E-state index is 0.164. The summed E-state index contributed by atoms with van der Waals surface area (Å²) in [5.41, 5.74) is 0.359. The summed E-state index contributed by atoms with van der Waals surface area (Å²) >= 11 is 3.27. The van der Waals surface area contributed by atoms with Crippen LogP contribution in [0.4, 0.5) is 0 Å². The van der Waals surface area contributed by atoms with Gasteiger partial charge in [0.2, 0.25) is 0 Å². The third-order valence-electron chi connectivity index (χ3n) is 3.75. The molecule has 1 aromatic carbocycles. The fourth-order valence-corrected chi connectivity index (χ4v) is 3.19. The Hall–Kier alpha value is -1.62. The summed E-state index contributed by atoms with van der Waals surface area (Å²) in [6.07, 6.45) is 0.648. The number of carbonyl (C=O) groups is 2. The molecule has 5 heteroatoms. The molecule has 0 spiro atoms. The molecule has 1 aliphatic heterocycles. The molecule has 1 amide bonds. The summed E-state index contributed by atoms with van der Waals surface area (Å²) in [7, 11) is 1.34. The van der Waals surface area contributed by atoms with E-state index in [1.807, 2.05) is 6.07 Å². The molecule has 1 atom stereocenters. The van der Waals surface area contributed by atoms with Crippen LogP contribution in [-0.4, -0.2) is 36.0 Å². The highest BCUT2D eigenvalue weighted by Crippen LogP contribution is 2.37. The zero-order valence-corrected chi connectivity index (χ0v) is 13.0. The molecule has 1 saturated heterocycles. The van der Waals surface area contributed by atoms with Gasteiger partial charge in [-0.05, 0) is 36.0 Å². The van der Waals surface area contributed by atoms with Crippen molar-refractivity contribution in [1.82, 2.24) is 4.90 Å². The van der Waals surface area contributed by atoms with E-state index >= 15 is 0 Å². The van der Waals surface area contributed by atoms with E-state index in [1.54, 1.807) is 41.1 Å². The minimum Gasteiger partial charge on any atom is -0.467 e. The highest BCUT2D eigenvalue weighted by atomic mass is 79.9. The van der Waals surface area contributed by atoms with Crippen molar-refractivity contribution in [3.63, 3.8) is 0 Å². The van der Waals surface area contributed by atoms with Gasteiger partial charge in [0.15, 0.2) is 5.54 Å². The zero-order chi connectivity index (χ0) is 14.8. The van der Waals surface area contributed by atoms with Crippen LogP contribution in [0.15, 0.2) is 40.9 Å². The van der Waals surface area contributed by atoms with Gasteiger partial charge in [-0.25, -0.2) is 4.79 Å². The van der Waals surface area contributed by atoms with E-state index < -0.39 is 11.5 Å². The topological polar surface area (TPSA) is 46.6 Å². The average Bonchev–Trinajstić information content (AvgIpc) is 2.84. The third-order valence-corrected chi connectivity index (χ3v) is 4.30. The standard InChI is InChI=1S/C15H16BrNO3/c1-15(14(19)20-2)12(10-16)8-9-17(15)13(18)11-6-4-3-5-7-11/h3-7,10H,8-9H2,1-2H3/b12-10-/t15-/m1/s1. The van der Waals surface area contributed by atoms with Crippen LogP contribution in [0.5, 0.6) is 0 Å². The minimum atomic E-state index is -1.05. The van der Waals surface area contributed by atoms with Gasteiger partial charge in [0.25, 0.3) is 5.91 Å². The molecule has 1 aromatic rings. The molecule has 0 radical (unpaired) electrons. The molecule has 0 saturated carbocycles. The molecule has 1 heterocycles. The number of esters is 1. The number of carbonyl (C=O) groups excluding carboxylic acids is 2. The van der Waals surface area contributed by atoms with Gasteiger partial charge in [0, 0.05) is 12.1 Å². The lowest BCUT2D eigenvalue weighted by atomic mass is 9.93. The highest BCUT2D eigenvalue weighted by molar-refractivity contribution is 9.11. The summed E-state index contributed by atoms with van der Waals surface area (Å²) in [5, 5.41) is 0. The maximum atomic E-state index is 12.6. The second-order valence-corrected chi connectivity index (χ2v) is 5.23. The van der Waals surface area contributed by atoms with Crippen LogP contribution in [0, 0.1) is 0 Å². The van der Waals surface area contributed by atoms with Gasteiger partial charge in [0.1, 0.15) is 0 Å². The van der Waals surface area contributed by atoms with Crippen LogP contribution in [-0.2, 0) is 9.53 Å². The Morgan fingerprint density at radius 3 is 2.55 bits per heavy atom. The van der Waals surface area contributed by atoms with E-state index in [0.29, 0.717) is 18.5 Å². The lowest BCUT2D eigenvalue weighted by molar-refractivity contribution is -0.149. The Balaban J connectivity index is 2.41. The number of ether oxygens (including phenoxy) is 1. The van der Waals surface area contributed by atoms with E-state index in [-0.39, 0.29) is 5.91 Å². The monoisotopic (exact) mass is 337 g/mol. The van der Waals surface area contributed by atoms with Crippen molar-refractivity contribution in [1.29, 1.82) is 0 Å². The Morgan fingerprint density at radius 1 is 1.35 bits per heavy atom. The van der Waals surface area contributed by atoms with Gasteiger partial charge < -0.3 is 9.64 Å². The summed E-state index contributed by atoms with van der Waals surface area (Å²) in [6, 6.07) is 8.95. The van der Waals surface area contributed by atoms with Gasteiger partial charge in [0.05, 0.1) is 7.11 Å². The molecular weight excluding hydrogens is 322 g/mol. The lowest BCUT2D eigenvalue weighted by Crippen LogP contribution is -2.52. The van der Waals surface area contributed by atoms with Gasteiger partial charge in [-0.15, -0.1) is 0 Å². The van der Waals surface area contributed by atoms with E-state index in [1.165, 1.54) is 7.11 Å². The molecule has 0 unspecified atom stereocenters. The van der Waals surface area contributed by atoms with E-state index in [2.05, 4.69) is 15.9 Å². The van der Waals surface area contributed by atoms with E-state index in [9.17, 15) is 9.59 Å². The van der Waals surface area contributed by atoms with Crippen LogP contribution in [0.2, 0.25) is 0 Å². The Kier molecular flexibility index (Phi) is 4.28. The first-order chi connectivity index (χ1) is 9.55. The van der Waals surface area contributed by atoms with Gasteiger partial charge in [-0.3, -0.25) is 4.79 Å². The van der Waals surface area contributed by atoms with Crippen LogP contribution >= 0.6 is 15.9 Å². The number of amides is 1. The summed E-state index contributed by atoms with van der Waals surface area (Å²) < 4.78 is 4.89. The smallest absolute Gasteiger partial charge is 0.335 e. The number of benzene rings is 1. The van der Waals surface area contributed by atoms with Crippen molar-refractivity contribution in [2.75, 3.05) is 13.7 Å². The highest BCUT2D eigenvalue weighted by Gasteiger charge is 2.50. The molecule has 0 aromatic heterocycles. The molecule has 1 aliphatic rings. The number of rotatable bonds is 2. The molecule has 106 valence electrons. The molecule has 4 nitrogen and oxygen atoms in total. The van der Waals surface area contributed by atoms with Crippen molar-refractivity contribution >= 4 is 27.8 Å². The predicted octanol–water partition coefficient (Wildman–Crippen LogP) is 2.74. The van der Waals surface area contributed by atoms with Crippen LogP contribution in [0.1, 0.15) is 23.7 Å². The molecule has 20 heavy (non-hydrogen) atoms. The second-order valence-electron chi connectivity index (χ2n) is 4.77. The van der Waals surface area contributed by atoms with Crippen molar-refractivity contribution in [3.8, 4) is 0 Å². The average molecular weight is 338 g/mol. The molecular formula is C15H16BrNO3. The first-order valence-electron chi connectivity index (χ1n) is 6.31. The summed E-state index contributed by atoms with van der Waals surface area (Å²) in [5.74, 6) is -0.590. The van der Waals surface area contributed by atoms with Crippen LogP contribution in [0.25, 0.3) is 0 Å². The molecule has 1 fully saturated rings. The first kappa shape index (κ1) is 14.8.